The van der Waals surface area contributed by atoms with Crippen LogP contribution in [0.4, 0.5) is 0 Å². The van der Waals surface area contributed by atoms with Crippen LogP contribution < -0.4 is 0 Å². The van der Waals surface area contributed by atoms with Crippen molar-refractivity contribution in [1.82, 2.24) is 0 Å². The zero-order valence-corrected chi connectivity index (χ0v) is 27.5. The average Bonchev–Trinajstić information content (AvgIpc) is 3.74. The minimum Gasteiger partial charge on any atom is -0.0613 e. The van der Waals surface area contributed by atoms with Crippen molar-refractivity contribution in [2.24, 2.45) is 5.41 Å². The van der Waals surface area contributed by atoms with E-state index in [1.165, 1.54) is 115 Å². The molecule has 0 aliphatic heterocycles. The van der Waals surface area contributed by atoms with Crippen molar-refractivity contribution in [3.63, 3.8) is 0 Å². The standard InChI is InChI=1S/C43H46/c1-25-19-26(2)30(6)41(29(25)5)37-15-11-13-33-21-35(23-39(33)37)43(17-9-10-18-43)36-22-34-14-12-16-38(40(34)24-36)42-31(7)27(3)20-28(4)32(42)8/h11-16,19-20,23-24H,9-10,17-18,21-22H2,1-8H3. The largest absolute Gasteiger partial charge is 0.0613 e. The maximum absolute atomic E-state index is 2.63. The van der Waals surface area contributed by atoms with Gasteiger partial charge in [-0.1, -0.05) is 84.7 Å². The third-order valence-electron chi connectivity index (χ3n) is 11.7. The maximum atomic E-state index is 2.63. The fourth-order valence-electron chi connectivity index (χ4n) is 8.86. The second kappa shape index (κ2) is 10.2. The highest BCUT2D eigenvalue weighted by atomic mass is 14.5. The molecular weight excluding hydrogens is 516 g/mol. The van der Waals surface area contributed by atoms with Crippen molar-refractivity contribution in [1.29, 1.82) is 0 Å². The highest BCUT2D eigenvalue weighted by molar-refractivity contribution is 5.88. The van der Waals surface area contributed by atoms with E-state index in [1.54, 1.807) is 11.1 Å². The van der Waals surface area contributed by atoms with Gasteiger partial charge in [-0.25, -0.2) is 0 Å². The first kappa shape index (κ1) is 28.1. The van der Waals surface area contributed by atoms with Gasteiger partial charge in [-0.2, -0.15) is 0 Å². The molecule has 0 spiro atoms. The van der Waals surface area contributed by atoms with Gasteiger partial charge in [0, 0.05) is 5.41 Å². The highest BCUT2D eigenvalue weighted by Crippen LogP contribution is 2.57. The number of aryl methyl sites for hydroxylation is 4. The molecular formula is C43H46. The summed E-state index contributed by atoms with van der Waals surface area (Å²) in [6.45, 7) is 18.3. The Morgan fingerprint density at radius 1 is 0.488 bits per heavy atom. The molecule has 4 aromatic carbocycles. The van der Waals surface area contributed by atoms with E-state index in [-0.39, 0.29) is 5.41 Å². The lowest BCUT2D eigenvalue weighted by atomic mass is 9.71. The summed E-state index contributed by atoms with van der Waals surface area (Å²) in [6, 6.07) is 18.8. The lowest BCUT2D eigenvalue weighted by Gasteiger charge is -2.33. The molecule has 0 bridgehead atoms. The number of fused-ring (bicyclic) bond motifs is 2. The first-order chi connectivity index (χ1) is 20.6. The van der Waals surface area contributed by atoms with Crippen molar-refractivity contribution in [2.75, 3.05) is 0 Å². The molecule has 7 rings (SSSR count). The minimum atomic E-state index is 0.172. The van der Waals surface area contributed by atoms with E-state index in [2.05, 4.69) is 116 Å². The quantitative estimate of drug-likeness (QED) is 0.232. The predicted octanol–water partition coefficient (Wildman–Crippen LogP) is 11.6. The average molecular weight is 563 g/mol. The van der Waals surface area contributed by atoms with Gasteiger partial charge in [0.15, 0.2) is 0 Å². The van der Waals surface area contributed by atoms with Crippen LogP contribution in [0.2, 0.25) is 0 Å². The Hall–Kier alpha value is -3.64. The van der Waals surface area contributed by atoms with E-state index in [1.807, 2.05) is 0 Å². The molecule has 0 saturated heterocycles. The van der Waals surface area contributed by atoms with Crippen molar-refractivity contribution < 1.29 is 0 Å². The summed E-state index contributed by atoms with van der Waals surface area (Å²) < 4.78 is 0. The summed E-state index contributed by atoms with van der Waals surface area (Å²) in [7, 11) is 0. The van der Waals surface area contributed by atoms with Crippen LogP contribution in [-0.2, 0) is 12.8 Å². The van der Waals surface area contributed by atoms with Gasteiger partial charge in [-0.05, 0) is 170 Å². The third kappa shape index (κ3) is 4.24. The molecule has 3 aliphatic rings. The molecule has 3 aliphatic carbocycles. The molecule has 1 fully saturated rings. The fraction of sp³-hybridized carbons (Fsp3) is 0.349. The van der Waals surface area contributed by atoms with Crippen LogP contribution in [-0.4, -0.2) is 0 Å². The second-order valence-corrected chi connectivity index (χ2v) is 14.0. The molecule has 0 aromatic heterocycles. The predicted molar refractivity (Wildman–Crippen MR) is 186 cm³/mol. The van der Waals surface area contributed by atoms with Gasteiger partial charge < -0.3 is 0 Å². The van der Waals surface area contributed by atoms with Gasteiger partial charge in [-0.15, -0.1) is 0 Å². The second-order valence-electron chi connectivity index (χ2n) is 14.0. The van der Waals surface area contributed by atoms with Gasteiger partial charge in [0.1, 0.15) is 0 Å². The zero-order chi connectivity index (χ0) is 30.2. The maximum Gasteiger partial charge on any atom is 0.0134 e. The van der Waals surface area contributed by atoms with E-state index in [0.717, 1.165) is 12.8 Å². The van der Waals surface area contributed by atoms with E-state index in [0.29, 0.717) is 0 Å². The van der Waals surface area contributed by atoms with Crippen LogP contribution in [0.3, 0.4) is 0 Å². The first-order valence-electron chi connectivity index (χ1n) is 16.4. The number of rotatable bonds is 4. The van der Waals surface area contributed by atoms with Crippen LogP contribution in [0.5, 0.6) is 0 Å². The van der Waals surface area contributed by atoms with E-state index in [9.17, 15) is 0 Å². The molecule has 4 aromatic rings. The van der Waals surface area contributed by atoms with Crippen molar-refractivity contribution in [3.05, 3.63) is 126 Å². The van der Waals surface area contributed by atoms with Crippen LogP contribution in [0.1, 0.15) is 92.4 Å². The molecule has 0 radical (unpaired) electrons. The number of hydrogen-bond acceptors (Lipinski definition) is 0. The van der Waals surface area contributed by atoms with Crippen LogP contribution in [0.15, 0.2) is 59.7 Å². The molecule has 0 unspecified atom stereocenters. The summed E-state index contributed by atoms with van der Waals surface area (Å²) in [4.78, 5) is 0. The van der Waals surface area contributed by atoms with Crippen LogP contribution in [0, 0.1) is 60.8 Å². The molecule has 0 nitrogen and oxygen atoms in total. The van der Waals surface area contributed by atoms with Gasteiger partial charge in [0.25, 0.3) is 0 Å². The Labute approximate surface area is 259 Å². The molecule has 0 heterocycles. The topological polar surface area (TPSA) is 0 Å². The molecule has 0 N–H and O–H groups in total. The number of benzene rings is 4. The Morgan fingerprint density at radius 3 is 1.23 bits per heavy atom. The summed E-state index contributed by atoms with van der Waals surface area (Å²) in [5, 5.41) is 0. The lowest BCUT2D eigenvalue weighted by molar-refractivity contribution is 0.437. The van der Waals surface area contributed by atoms with Gasteiger partial charge in [-0.3, -0.25) is 0 Å². The Kier molecular flexibility index (Phi) is 6.69. The van der Waals surface area contributed by atoms with E-state index >= 15 is 0 Å². The summed E-state index contributed by atoms with van der Waals surface area (Å²) in [5.41, 5.74) is 26.5. The fourth-order valence-corrected chi connectivity index (χ4v) is 8.86. The van der Waals surface area contributed by atoms with Crippen LogP contribution in [0.25, 0.3) is 34.4 Å². The summed E-state index contributed by atoms with van der Waals surface area (Å²) >= 11 is 0. The molecule has 1 saturated carbocycles. The van der Waals surface area contributed by atoms with Gasteiger partial charge >= 0.3 is 0 Å². The third-order valence-corrected chi connectivity index (χ3v) is 11.7. The summed E-state index contributed by atoms with van der Waals surface area (Å²) in [5.74, 6) is 0. The van der Waals surface area contributed by atoms with Crippen LogP contribution >= 0.6 is 0 Å². The van der Waals surface area contributed by atoms with Gasteiger partial charge in [0.05, 0.1) is 0 Å². The van der Waals surface area contributed by atoms with Crippen molar-refractivity contribution >= 4 is 12.2 Å². The Morgan fingerprint density at radius 2 is 0.860 bits per heavy atom. The zero-order valence-electron chi connectivity index (χ0n) is 27.5. The molecule has 0 atom stereocenters. The molecule has 218 valence electrons. The monoisotopic (exact) mass is 562 g/mol. The van der Waals surface area contributed by atoms with Crippen molar-refractivity contribution in [3.8, 4) is 22.3 Å². The number of hydrogen-bond donors (Lipinski definition) is 0. The normalized spacial score (nSPS) is 16.7. The van der Waals surface area contributed by atoms with Gasteiger partial charge in [0.2, 0.25) is 0 Å². The first-order valence-corrected chi connectivity index (χ1v) is 16.4. The molecule has 0 amide bonds. The van der Waals surface area contributed by atoms with Crippen molar-refractivity contribution in [2.45, 2.75) is 93.9 Å². The minimum absolute atomic E-state index is 0.172. The Balaban J connectivity index is 1.35. The molecule has 43 heavy (non-hydrogen) atoms. The van der Waals surface area contributed by atoms with E-state index < -0.39 is 0 Å². The lowest BCUT2D eigenvalue weighted by Crippen LogP contribution is -2.22. The SMILES string of the molecule is Cc1cc(C)c(C)c(-c2cccc3c2C=C(C2(C4=Cc5c(cccc5-c5c(C)c(C)cc(C)c5C)C4)CCCC2)C3)c1C. The highest BCUT2D eigenvalue weighted by Gasteiger charge is 2.43. The van der Waals surface area contributed by atoms with E-state index in [4.69, 9.17) is 0 Å². The molecule has 0 heteroatoms. The number of allylic oxidation sites excluding steroid dienone is 2. The smallest absolute Gasteiger partial charge is 0.0134 e. The Bertz CT molecular complexity index is 1700. The summed E-state index contributed by atoms with van der Waals surface area (Å²) in [6.07, 6.45) is 12.6.